The maximum Gasteiger partial charge on any atom is 0.528 e. The molecule has 0 aliphatic rings. The first-order valence-electron chi connectivity index (χ1n) is 3.52. The zero-order valence-electron chi connectivity index (χ0n) is 6.49. The van der Waals surface area contributed by atoms with E-state index in [4.69, 9.17) is 0 Å². The summed E-state index contributed by atoms with van der Waals surface area (Å²) >= 11 is 0. The van der Waals surface area contributed by atoms with Gasteiger partial charge in [-0.25, -0.2) is 4.79 Å². The molecule has 0 bridgehead atoms. The Labute approximate surface area is 67.1 Å². The molecule has 0 saturated carbocycles. The summed E-state index contributed by atoms with van der Waals surface area (Å²) < 4.78 is 13.7. The lowest BCUT2D eigenvalue weighted by Crippen LogP contribution is -1.64. The van der Waals surface area contributed by atoms with Crippen LogP contribution in [-0.2, 0) is 9.36 Å². The van der Waals surface area contributed by atoms with Gasteiger partial charge in [0.05, 0.1) is 4.76 Å². The van der Waals surface area contributed by atoms with Gasteiger partial charge in [-0.05, 0) is 23.5 Å². The standard InChI is InChI=1S/C7H11NO2P/c1-2-3-4-5-6-11(10)8-7-9/h5-6H,2-4H2,1H3/q+1. The summed E-state index contributed by atoms with van der Waals surface area (Å²) in [7, 11) is -1.83. The highest BCUT2D eigenvalue weighted by Gasteiger charge is 2.05. The molecule has 0 aliphatic heterocycles. The van der Waals surface area contributed by atoms with E-state index < -0.39 is 7.95 Å². The van der Waals surface area contributed by atoms with Crippen molar-refractivity contribution >= 4 is 14.0 Å². The zero-order chi connectivity index (χ0) is 8.53. The molecule has 60 valence electrons. The highest BCUT2D eigenvalue weighted by atomic mass is 31.1. The molecule has 0 aromatic rings. The lowest BCUT2D eigenvalue weighted by molar-refractivity contribution is 0.564. The molecule has 0 aromatic carbocycles. The van der Waals surface area contributed by atoms with Crippen LogP contribution >= 0.6 is 7.95 Å². The molecule has 0 spiro atoms. The normalized spacial score (nSPS) is 11.2. The van der Waals surface area contributed by atoms with Gasteiger partial charge >= 0.3 is 7.95 Å². The quantitative estimate of drug-likeness (QED) is 0.277. The molecule has 3 nitrogen and oxygen atoms in total. The van der Waals surface area contributed by atoms with Crippen molar-refractivity contribution in [1.82, 2.24) is 0 Å². The first kappa shape index (κ1) is 10.2. The fourth-order valence-corrected chi connectivity index (χ4v) is 1.04. The predicted molar refractivity (Wildman–Crippen MR) is 44.4 cm³/mol. The number of nitrogens with zero attached hydrogens (tertiary/aromatic N) is 1. The van der Waals surface area contributed by atoms with E-state index in [2.05, 4.69) is 11.7 Å². The van der Waals surface area contributed by atoms with Gasteiger partial charge in [0.2, 0.25) is 0 Å². The molecular formula is C7H11NO2P+. The van der Waals surface area contributed by atoms with Gasteiger partial charge in [-0.1, -0.05) is 13.3 Å². The second-order valence-corrected chi connectivity index (χ2v) is 3.12. The van der Waals surface area contributed by atoms with E-state index in [1.54, 1.807) is 6.08 Å². The van der Waals surface area contributed by atoms with Crippen LogP contribution in [0.4, 0.5) is 0 Å². The predicted octanol–water partition coefficient (Wildman–Crippen LogP) is 2.77. The molecule has 0 heterocycles. The molecule has 1 atom stereocenters. The van der Waals surface area contributed by atoms with E-state index in [1.165, 1.54) is 11.9 Å². The van der Waals surface area contributed by atoms with Crippen molar-refractivity contribution in [3.05, 3.63) is 11.9 Å². The molecule has 0 N–H and O–H groups in total. The van der Waals surface area contributed by atoms with Crippen LogP contribution in [-0.4, -0.2) is 6.08 Å². The molecule has 11 heavy (non-hydrogen) atoms. The summed E-state index contributed by atoms with van der Waals surface area (Å²) in [5.74, 6) is 1.44. The number of unbranched alkanes of at least 4 members (excludes halogenated alkanes) is 2. The number of allylic oxidation sites excluding steroid dienone is 1. The summed E-state index contributed by atoms with van der Waals surface area (Å²) in [6.45, 7) is 2.08. The fourth-order valence-electron chi connectivity index (χ4n) is 0.560. The largest absolute Gasteiger partial charge is 0.528 e. The van der Waals surface area contributed by atoms with Crippen LogP contribution in [0.15, 0.2) is 16.7 Å². The van der Waals surface area contributed by atoms with Gasteiger partial charge in [0.1, 0.15) is 0 Å². The van der Waals surface area contributed by atoms with Crippen LogP contribution in [0.1, 0.15) is 26.2 Å². The molecule has 4 heteroatoms. The SMILES string of the molecule is CCCCC=C[P+](=O)N=C=O. The first-order chi connectivity index (χ1) is 5.31. The summed E-state index contributed by atoms with van der Waals surface area (Å²) in [6.07, 6.45) is 6.11. The van der Waals surface area contributed by atoms with Crippen molar-refractivity contribution in [3.63, 3.8) is 0 Å². The van der Waals surface area contributed by atoms with Gasteiger partial charge in [0, 0.05) is 0 Å². The Morgan fingerprint density at radius 2 is 2.36 bits per heavy atom. The van der Waals surface area contributed by atoms with Gasteiger partial charge in [-0.15, -0.1) is 0 Å². The Morgan fingerprint density at radius 1 is 1.64 bits per heavy atom. The first-order valence-corrected chi connectivity index (χ1v) is 4.80. The van der Waals surface area contributed by atoms with Crippen LogP contribution in [0.5, 0.6) is 0 Å². The lowest BCUT2D eigenvalue weighted by atomic mass is 10.2. The van der Waals surface area contributed by atoms with Crippen LogP contribution in [0, 0.1) is 0 Å². The van der Waals surface area contributed by atoms with Crippen molar-refractivity contribution in [2.75, 3.05) is 0 Å². The average molecular weight is 172 g/mol. The van der Waals surface area contributed by atoms with Crippen molar-refractivity contribution in [2.24, 2.45) is 4.76 Å². The summed E-state index contributed by atoms with van der Waals surface area (Å²) in [5, 5.41) is 0. The van der Waals surface area contributed by atoms with Gasteiger partial charge in [-0.3, -0.25) is 0 Å². The average Bonchev–Trinajstić information content (AvgIpc) is 1.99. The Morgan fingerprint density at radius 3 is 2.91 bits per heavy atom. The zero-order valence-corrected chi connectivity index (χ0v) is 7.38. The van der Waals surface area contributed by atoms with Crippen molar-refractivity contribution in [3.8, 4) is 0 Å². The summed E-state index contributed by atoms with van der Waals surface area (Å²) in [5.41, 5.74) is 0. The molecule has 0 aliphatic carbocycles. The van der Waals surface area contributed by atoms with Crippen LogP contribution in [0.25, 0.3) is 0 Å². The monoisotopic (exact) mass is 172 g/mol. The summed E-state index contributed by atoms with van der Waals surface area (Å²) in [4.78, 5) is 9.59. The van der Waals surface area contributed by atoms with Crippen molar-refractivity contribution in [1.29, 1.82) is 0 Å². The minimum absolute atomic E-state index is 0.895. The lowest BCUT2D eigenvalue weighted by Gasteiger charge is -1.82. The van der Waals surface area contributed by atoms with E-state index in [9.17, 15) is 9.36 Å². The molecular weight excluding hydrogens is 161 g/mol. The third-order valence-electron chi connectivity index (χ3n) is 1.10. The second kappa shape index (κ2) is 7.33. The highest BCUT2D eigenvalue weighted by Crippen LogP contribution is 2.22. The van der Waals surface area contributed by atoms with Gasteiger partial charge in [0.25, 0.3) is 6.08 Å². The van der Waals surface area contributed by atoms with Gasteiger partial charge in [0.15, 0.2) is 5.82 Å². The van der Waals surface area contributed by atoms with E-state index in [1.807, 2.05) is 0 Å². The number of hydrogen-bond acceptors (Lipinski definition) is 2. The Balaban J connectivity index is 3.56. The third kappa shape index (κ3) is 7.11. The molecule has 0 fully saturated rings. The van der Waals surface area contributed by atoms with Crippen molar-refractivity contribution < 1.29 is 9.36 Å². The molecule has 0 amide bonds. The van der Waals surface area contributed by atoms with Crippen LogP contribution < -0.4 is 0 Å². The molecule has 0 aromatic heterocycles. The highest BCUT2D eigenvalue weighted by molar-refractivity contribution is 7.46. The second-order valence-electron chi connectivity index (χ2n) is 2.02. The van der Waals surface area contributed by atoms with Crippen LogP contribution in [0.3, 0.4) is 0 Å². The van der Waals surface area contributed by atoms with E-state index >= 15 is 0 Å². The maximum atomic E-state index is 10.6. The Kier molecular flexibility index (Phi) is 6.81. The molecule has 0 rings (SSSR count). The maximum absolute atomic E-state index is 10.6. The Bertz CT molecular complexity index is 195. The third-order valence-corrected chi connectivity index (χ3v) is 1.84. The van der Waals surface area contributed by atoms with Gasteiger partial charge in [-0.2, -0.15) is 0 Å². The number of hydrogen-bond donors (Lipinski definition) is 0. The smallest absolute Gasteiger partial charge is 0.207 e. The fraction of sp³-hybridized carbons (Fsp3) is 0.571. The minimum Gasteiger partial charge on any atom is -0.207 e. The number of carbonyl (C=O) groups excluding carboxylic acids is 1. The summed E-state index contributed by atoms with van der Waals surface area (Å²) in [6, 6.07) is 0. The molecule has 1 unspecified atom stereocenters. The van der Waals surface area contributed by atoms with Crippen LogP contribution in [0.2, 0.25) is 0 Å². The van der Waals surface area contributed by atoms with Crippen molar-refractivity contribution in [2.45, 2.75) is 26.2 Å². The molecule has 0 radical (unpaired) electrons. The minimum atomic E-state index is -1.83. The molecule has 0 saturated heterocycles. The van der Waals surface area contributed by atoms with E-state index in [0.29, 0.717) is 0 Å². The number of rotatable bonds is 5. The Hall–Kier alpha value is -0.780. The van der Waals surface area contributed by atoms with E-state index in [0.717, 1.165) is 19.3 Å². The van der Waals surface area contributed by atoms with E-state index in [-0.39, 0.29) is 0 Å². The van der Waals surface area contributed by atoms with Gasteiger partial charge < -0.3 is 0 Å². The topological polar surface area (TPSA) is 46.5 Å². The number of isocyanates is 1.